The maximum atomic E-state index is 12.9. The molecule has 0 spiro atoms. The Morgan fingerprint density at radius 2 is 2.04 bits per heavy atom. The van der Waals surface area contributed by atoms with Crippen molar-refractivity contribution in [3.05, 3.63) is 51.3 Å². The molecule has 4 rings (SSSR count). The molecule has 7 nitrogen and oxygen atoms in total. The second kappa shape index (κ2) is 7.15. The predicted molar refractivity (Wildman–Crippen MR) is 107 cm³/mol. The minimum absolute atomic E-state index is 0.0465. The van der Waals surface area contributed by atoms with Gasteiger partial charge in [-0.25, -0.2) is 0 Å². The molecule has 0 bridgehead atoms. The normalized spacial score (nSPS) is 24.0. The number of carbonyl (C=O) groups excluding carboxylic acids is 1. The van der Waals surface area contributed by atoms with Crippen LogP contribution in [0.15, 0.2) is 29.1 Å². The lowest BCUT2D eigenvalue weighted by Gasteiger charge is -2.36. The number of benzene rings is 1. The van der Waals surface area contributed by atoms with Crippen LogP contribution < -0.4 is 10.9 Å². The first-order valence-electron chi connectivity index (χ1n) is 9.28. The molecule has 146 valence electrons. The van der Waals surface area contributed by atoms with E-state index in [-0.39, 0.29) is 34.1 Å². The standard InChI is InChI=1S/C20H22N4O3S/c1-20(2)9-14(7-8-27-20)24-18-16(19(26)23-24)17(28-11-15(25)22-18)13-5-3-12(10-21)4-6-13/h3-6,14,17H,7-9,11H2,1-2H3,(H,22,25)(H,23,26). The van der Waals surface area contributed by atoms with Gasteiger partial charge in [0.1, 0.15) is 5.82 Å². The molecule has 2 aromatic rings. The molecule has 1 aromatic carbocycles. The molecule has 3 heterocycles. The minimum atomic E-state index is -0.285. The summed E-state index contributed by atoms with van der Waals surface area (Å²) >= 11 is 1.42. The maximum Gasteiger partial charge on any atom is 0.270 e. The number of nitriles is 1. The number of hydrogen-bond acceptors (Lipinski definition) is 5. The highest BCUT2D eigenvalue weighted by Crippen LogP contribution is 2.42. The van der Waals surface area contributed by atoms with E-state index in [4.69, 9.17) is 10.00 Å². The number of rotatable bonds is 2. The Morgan fingerprint density at radius 3 is 2.71 bits per heavy atom. The van der Waals surface area contributed by atoms with Gasteiger partial charge in [-0.2, -0.15) is 5.26 Å². The molecule has 2 atom stereocenters. The number of H-pyrrole nitrogens is 1. The molecule has 1 saturated heterocycles. The van der Waals surface area contributed by atoms with Gasteiger partial charge in [0.2, 0.25) is 5.91 Å². The number of aromatic nitrogens is 2. The summed E-state index contributed by atoms with van der Waals surface area (Å²) in [5, 5.41) is 14.6. The number of hydrogen-bond donors (Lipinski definition) is 2. The lowest BCUT2D eigenvalue weighted by Crippen LogP contribution is -2.36. The van der Waals surface area contributed by atoms with Gasteiger partial charge in [-0.05, 0) is 44.4 Å². The summed E-state index contributed by atoms with van der Waals surface area (Å²) in [5.74, 6) is 0.691. The highest BCUT2D eigenvalue weighted by molar-refractivity contribution is 8.00. The Kier molecular flexibility index (Phi) is 4.81. The molecule has 1 fully saturated rings. The summed E-state index contributed by atoms with van der Waals surface area (Å²) in [7, 11) is 0. The van der Waals surface area contributed by atoms with E-state index in [9.17, 15) is 9.59 Å². The van der Waals surface area contributed by atoms with E-state index in [0.717, 1.165) is 18.4 Å². The van der Waals surface area contributed by atoms with Crippen LogP contribution in [0.1, 0.15) is 54.7 Å². The Morgan fingerprint density at radius 1 is 1.29 bits per heavy atom. The molecule has 0 radical (unpaired) electrons. The average Bonchev–Trinajstić information content (AvgIpc) is 2.87. The van der Waals surface area contributed by atoms with Crippen molar-refractivity contribution in [2.75, 3.05) is 17.7 Å². The van der Waals surface area contributed by atoms with Crippen LogP contribution in [-0.2, 0) is 9.53 Å². The fourth-order valence-electron chi connectivity index (χ4n) is 3.93. The van der Waals surface area contributed by atoms with Crippen molar-refractivity contribution in [1.82, 2.24) is 9.78 Å². The lowest BCUT2D eigenvalue weighted by molar-refractivity contribution is -0.113. The second-order valence-electron chi connectivity index (χ2n) is 7.80. The van der Waals surface area contributed by atoms with Crippen molar-refractivity contribution in [3.8, 4) is 6.07 Å². The maximum absolute atomic E-state index is 12.9. The first kappa shape index (κ1) is 18.8. The summed E-state index contributed by atoms with van der Waals surface area (Å²) < 4.78 is 7.62. The quantitative estimate of drug-likeness (QED) is 0.810. The molecule has 2 aliphatic rings. The van der Waals surface area contributed by atoms with E-state index < -0.39 is 0 Å². The Balaban J connectivity index is 1.79. The zero-order valence-electron chi connectivity index (χ0n) is 15.8. The van der Waals surface area contributed by atoms with Gasteiger partial charge < -0.3 is 10.1 Å². The van der Waals surface area contributed by atoms with Gasteiger partial charge in [0.05, 0.1) is 39.8 Å². The molecule has 2 unspecified atom stereocenters. The summed E-state index contributed by atoms with van der Waals surface area (Å²) in [5.41, 5.74) is 1.55. The molecule has 0 aliphatic carbocycles. The third-order valence-electron chi connectivity index (χ3n) is 5.24. The van der Waals surface area contributed by atoms with Gasteiger partial charge in [0.15, 0.2) is 0 Å². The molecule has 1 amide bonds. The first-order valence-corrected chi connectivity index (χ1v) is 10.3. The first-order chi connectivity index (χ1) is 13.4. The van der Waals surface area contributed by atoms with Crippen LogP contribution in [-0.4, -0.2) is 33.6 Å². The minimum Gasteiger partial charge on any atom is -0.375 e. The van der Waals surface area contributed by atoms with E-state index in [1.54, 1.807) is 12.1 Å². The van der Waals surface area contributed by atoms with Crippen molar-refractivity contribution in [2.45, 2.75) is 43.6 Å². The topological polar surface area (TPSA) is 99.9 Å². The van der Waals surface area contributed by atoms with Crippen molar-refractivity contribution >= 4 is 23.5 Å². The zero-order valence-corrected chi connectivity index (χ0v) is 16.6. The van der Waals surface area contributed by atoms with Gasteiger partial charge >= 0.3 is 0 Å². The number of aromatic amines is 1. The number of amides is 1. The number of anilines is 1. The highest BCUT2D eigenvalue weighted by atomic mass is 32.2. The summed E-state index contributed by atoms with van der Waals surface area (Å²) in [6, 6.07) is 9.33. The SMILES string of the molecule is CC1(C)CC(n2[nH]c(=O)c3c2NC(=O)CSC3c2ccc(C#N)cc2)CCO1. The third kappa shape index (κ3) is 3.48. The Labute approximate surface area is 167 Å². The smallest absolute Gasteiger partial charge is 0.270 e. The van der Waals surface area contributed by atoms with Crippen LogP contribution in [0.2, 0.25) is 0 Å². The summed E-state index contributed by atoms with van der Waals surface area (Å²) in [6.07, 6.45) is 1.51. The van der Waals surface area contributed by atoms with Crippen LogP contribution in [0.4, 0.5) is 5.82 Å². The fraction of sp³-hybridized carbons (Fsp3) is 0.450. The van der Waals surface area contributed by atoms with E-state index in [2.05, 4.69) is 16.5 Å². The lowest BCUT2D eigenvalue weighted by atomic mass is 9.94. The number of carbonyl (C=O) groups is 1. The number of nitrogens with one attached hydrogen (secondary N) is 2. The van der Waals surface area contributed by atoms with E-state index in [0.29, 0.717) is 23.6 Å². The van der Waals surface area contributed by atoms with Crippen molar-refractivity contribution < 1.29 is 9.53 Å². The van der Waals surface area contributed by atoms with Crippen LogP contribution in [0.5, 0.6) is 0 Å². The van der Waals surface area contributed by atoms with Crippen LogP contribution in [0, 0.1) is 11.3 Å². The average molecular weight is 398 g/mol. The van der Waals surface area contributed by atoms with E-state index >= 15 is 0 Å². The molecule has 0 saturated carbocycles. The van der Waals surface area contributed by atoms with Gasteiger partial charge in [-0.15, -0.1) is 11.8 Å². The molecule has 28 heavy (non-hydrogen) atoms. The summed E-state index contributed by atoms with van der Waals surface area (Å²) in [4.78, 5) is 25.3. The molecule has 8 heteroatoms. The van der Waals surface area contributed by atoms with Crippen molar-refractivity contribution in [2.24, 2.45) is 0 Å². The molecular weight excluding hydrogens is 376 g/mol. The Bertz CT molecular complexity index is 1000. The molecule has 2 N–H and O–H groups in total. The number of thioether (sulfide) groups is 1. The predicted octanol–water partition coefficient (Wildman–Crippen LogP) is 2.95. The monoisotopic (exact) mass is 398 g/mol. The van der Waals surface area contributed by atoms with Gasteiger partial charge in [0.25, 0.3) is 5.56 Å². The Hall–Kier alpha value is -2.50. The van der Waals surface area contributed by atoms with Crippen LogP contribution in [0.25, 0.3) is 0 Å². The molecule has 2 aliphatic heterocycles. The van der Waals surface area contributed by atoms with E-state index in [1.165, 1.54) is 11.8 Å². The highest BCUT2D eigenvalue weighted by Gasteiger charge is 2.35. The van der Waals surface area contributed by atoms with Crippen molar-refractivity contribution in [1.29, 1.82) is 5.26 Å². The zero-order chi connectivity index (χ0) is 19.9. The largest absolute Gasteiger partial charge is 0.375 e. The number of nitrogens with zero attached hydrogens (tertiary/aromatic N) is 2. The summed E-state index contributed by atoms with van der Waals surface area (Å²) in [6.45, 7) is 4.68. The van der Waals surface area contributed by atoms with Gasteiger partial charge in [-0.1, -0.05) is 12.1 Å². The van der Waals surface area contributed by atoms with Gasteiger partial charge in [-0.3, -0.25) is 19.4 Å². The van der Waals surface area contributed by atoms with Crippen LogP contribution >= 0.6 is 11.8 Å². The molecule has 1 aromatic heterocycles. The number of fused-ring (bicyclic) bond motifs is 1. The molecular formula is C20H22N4O3S. The van der Waals surface area contributed by atoms with Crippen LogP contribution in [0.3, 0.4) is 0 Å². The second-order valence-corrected chi connectivity index (χ2v) is 8.89. The fourth-order valence-corrected chi connectivity index (χ4v) is 5.06. The number of ether oxygens (including phenoxy) is 1. The van der Waals surface area contributed by atoms with Crippen molar-refractivity contribution in [3.63, 3.8) is 0 Å². The third-order valence-corrected chi connectivity index (χ3v) is 6.51. The van der Waals surface area contributed by atoms with Gasteiger partial charge in [0, 0.05) is 6.61 Å². The van der Waals surface area contributed by atoms with E-state index in [1.807, 2.05) is 30.7 Å².